The van der Waals surface area contributed by atoms with Crippen LogP contribution in [-0.2, 0) is 0 Å². The molecule has 0 aliphatic carbocycles. The van der Waals surface area contributed by atoms with Gasteiger partial charge in [-0.3, -0.25) is 4.79 Å². The van der Waals surface area contributed by atoms with E-state index in [-0.39, 0.29) is 12.5 Å². The maximum Gasteiger partial charge on any atom is 0.267 e. The van der Waals surface area contributed by atoms with Crippen LogP contribution in [0.4, 0.5) is 5.69 Å². The summed E-state index contributed by atoms with van der Waals surface area (Å²) in [5.41, 5.74) is 2.24. The van der Waals surface area contributed by atoms with Crippen LogP contribution in [0.15, 0.2) is 24.3 Å². The molecule has 0 unspecified atom stereocenters. The number of hydrogen-bond acceptors (Lipinski definition) is 4. The first-order valence-corrected chi connectivity index (χ1v) is 7.37. The van der Waals surface area contributed by atoms with Gasteiger partial charge in [-0.25, -0.2) is 4.98 Å². The third-order valence-electron chi connectivity index (χ3n) is 2.70. The van der Waals surface area contributed by atoms with Crippen molar-refractivity contribution >= 4 is 22.9 Å². The Kier molecular flexibility index (Phi) is 5.09. The molecule has 1 amide bonds. The van der Waals surface area contributed by atoms with Gasteiger partial charge in [0.15, 0.2) is 0 Å². The van der Waals surface area contributed by atoms with Crippen LogP contribution < -0.4 is 5.32 Å². The molecule has 1 aromatic heterocycles. The number of aliphatic hydroxyl groups excluding tert-OH is 1. The normalized spacial score (nSPS) is 9.86. The first-order valence-electron chi connectivity index (χ1n) is 6.55. The number of nitrogens with one attached hydrogen (secondary N) is 1. The van der Waals surface area contributed by atoms with Crippen LogP contribution in [0.25, 0.3) is 0 Å². The largest absolute Gasteiger partial charge is 0.395 e. The van der Waals surface area contributed by atoms with E-state index < -0.39 is 0 Å². The van der Waals surface area contributed by atoms with Gasteiger partial charge < -0.3 is 10.4 Å². The van der Waals surface area contributed by atoms with Crippen molar-refractivity contribution in [1.29, 1.82) is 0 Å². The summed E-state index contributed by atoms with van der Waals surface area (Å²) in [6, 6.07) is 7.33. The minimum atomic E-state index is -0.154. The Morgan fingerprint density at radius 1 is 1.43 bits per heavy atom. The number of anilines is 1. The maximum absolute atomic E-state index is 12.2. The lowest BCUT2D eigenvalue weighted by Crippen LogP contribution is -2.11. The molecule has 0 spiro atoms. The van der Waals surface area contributed by atoms with Crippen molar-refractivity contribution in [3.05, 3.63) is 45.4 Å². The summed E-state index contributed by atoms with van der Waals surface area (Å²) in [5.74, 6) is 5.64. The van der Waals surface area contributed by atoms with Crippen LogP contribution in [0.3, 0.4) is 0 Å². The number of benzene rings is 1. The van der Waals surface area contributed by atoms with Gasteiger partial charge in [0.1, 0.15) is 4.88 Å². The van der Waals surface area contributed by atoms with Gasteiger partial charge in [0, 0.05) is 17.7 Å². The van der Waals surface area contributed by atoms with E-state index in [1.807, 2.05) is 38.1 Å². The van der Waals surface area contributed by atoms with Crippen molar-refractivity contribution in [3.63, 3.8) is 0 Å². The molecule has 21 heavy (non-hydrogen) atoms. The summed E-state index contributed by atoms with van der Waals surface area (Å²) in [5, 5.41) is 12.4. The Bertz CT molecular complexity index is 711. The van der Waals surface area contributed by atoms with E-state index in [2.05, 4.69) is 22.1 Å². The smallest absolute Gasteiger partial charge is 0.267 e. The standard InChI is InChI=1S/C16H16N2O2S/c1-11-15(21-12(2)17-11)16(20)18-14-8-5-7-13(10-14)6-3-4-9-19/h5,7-8,10,19H,4,9H2,1-2H3,(H,18,20). The Hall–Kier alpha value is -2.16. The number of carbonyl (C=O) groups excluding carboxylic acids is 1. The minimum Gasteiger partial charge on any atom is -0.395 e. The molecule has 0 saturated carbocycles. The van der Waals surface area contributed by atoms with Crippen molar-refractivity contribution in [1.82, 2.24) is 4.98 Å². The second kappa shape index (κ2) is 7.02. The van der Waals surface area contributed by atoms with Crippen LogP contribution in [-0.4, -0.2) is 22.6 Å². The number of nitrogens with zero attached hydrogens (tertiary/aromatic N) is 1. The van der Waals surface area contributed by atoms with Crippen LogP contribution in [0.5, 0.6) is 0 Å². The monoisotopic (exact) mass is 300 g/mol. The maximum atomic E-state index is 12.2. The van der Waals surface area contributed by atoms with Crippen molar-refractivity contribution in [2.75, 3.05) is 11.9 Å². The van der Waals surface area contributed by atoms with Crippen molar-refractivity contribution in [2.45, 2.75) is 20.3 Å². The zero-order valence-electron chi connectivity index (χ0n) is 11.9. The molecule has 0 radical (unpaired) electrons. The van der Waals surface area contributed by atoms with E-state index in [4.69, 9.17) is 5.11 Å². The van der Waals surface area contributed by atoms with Gasteiger partial charge in [-0.05, 0) is 32.0 Å². The molecule has 0 aliphatic rings. The quantitative estimate of drug-likeness (QED) is 0.857. The summed E-state index contributed by atoms with van der Waals surface area (Å²) in [6.45, 7) is 3.76. The molecule has 0 saturated heterocycles. The highest BCUT2D eigenvalue weighted by Crippen LogP contribution is 2.19. The van der Waals surface area contributed by atoms with Gasteiger partial charge in [0.05, 0.1) is 17.3 Å². The number of aliphatic hydroxyl groups is 1. The van der Waals surface area contributed by atoms with Crippen molar-refractivity contribution in [2.24, 2.45) is 0 Å². The lowest BCUT2D eigenvalue weighted by Gasteiger charge is -2.04. The Labute approximate surface area is 127 Å². The van der Waals surface area contributed by atoms with Gasteiger partial charge in [-0.15, -0.1) is 11.3 Å². The fourth-order valence-corrected chi connectivity index (χ4v) is 2.64. The van der Waals surface area contributed by atoms with Gasteiger partial charge >= 0.3 is 0 Å². The Morgan fingerprint density at radius 2 is 2.24 bits per heavy atom. The predicted molar refractivity (Wildman–Crippen MR) is 84.6 cm³/mol. The van der Waals surface area contributed by atoms with Crippen molar-refractivity contribution < 1.29 is 9.90 Å². The topological polar surface area (TPSA) is 62.2 Å². The molecule has 2 N–H and O–H groups in total. The second-order valence-corrected chi connectivity index (χ2v) is 5.66. The van der Waals surface area contributed by atoms with E-state index in [1.165, 1.54) is 11.3 Å². The SMILES string of the molecule is Cc1nc(C)c(C(=O)Nc2cccc(C#CCCO)c2)s1. The summed E-state index contributed by atoms with van der Waals surface area (Å²) in [6.07, 6.45) is 0.440. The van der Waals surface area contributed by atoms with Crippen LogP contribution >= 0.6 is 11.3 Å². The van der Waals surface area contributed by atoms with Crippen LogP contribution in [0.2, 0.25) is 0 Å². The number of aromatic nitrogens is 1. The fraction of sp³-hybridized carbons (Fsp3) is 0.250. The number of thiazole rings is 1. The molecule has 0 bridgehead atoms. The molecule has 0 fully saturated rings. The lowest BCUT2D eigenvalue weighted by atomic mass is 10.2. The molecule has 4 nitrogen and oxygen atoms in total. The number of amides is 1. The van der Waals surface area contributed by atoms with Crippen LogP contribution in [0, 0.1) is 25.7 Å². The first kappa shape index (κ1) is 15.2. The molecule has 2 rings (SSSR count). The molecule has 5 heteroatoms. The van der Waals surface area contributed by atoms with E-state index in [0.29, 0.717) is 17.0 Å². The highest BCUT2D eigenvalue weighted by molar-refractivity contribution is 7.13. The summed E-state index contributed by atoms with van der Waals surface area (Å²) < 4.78 is 0. The molecular weight excluding hydrogens is 284 g/mol. The third kappa shape index (κ3) is 4.15. The lowest BCUT2D eigenvalue weighted by molar-refractivity contribution is 0.103. The van der Waals surface area contributed by atoms with Gasteiger partial charge in [-0.1, -0.05) is 17.9 Å². The molecule has 0 aliphatic heterocycles. The van der Waals surface area contributed by atoms with E-state index in [9.17, 15) is 4.79 Å². The number of rotatable bonds is 3. The Morgan fingerprint density at radius 3 is 2.90 bits per heavy atom. The third-order valence-corrected chi connectivity index (χ3v) is 3.77. The minimum absolute atomic E-state index is 0.0490. The first-order chi connectivity index (χ1) is 10.1. The van der Waals surface area contributed by atoms with E-state index >= 15 is 0 Å². The number of hydrogen-bond donors (Lipinski definition) is 2. The van der Waals surface area contributed by atoms with E-state index in [1.54, 1.807) is 0 Å². The molecule has 2 aromatic rings. The molecule has 108 valence electrons. The average Bonchev–Trinajstić information content (AvgIpc) is 2.78. The molecule has 1 aromatic carbocycles. The molecule has 0 atom stereocenters. The zero-order chi connectivity index (χ0) is 15.2. The summed E-state index contributed by atoms with van der Waals surface area (Å²) >= 11 is 1.38. The average molecular weight is 300 g/mol. The molecule has 1 heterocycles. The summed E-state index contributed by atoms with van der Waals surface area (Å²) in [4.78, 5) is 17.1. The van der Waals surface area contributed by atoms with Crippen molar-refractivity contribution in [3.8, 4) is 11.8 Å². The number of aryl methyl sites for hydroxylation is 2. The van der Waals surface area contributed by atoms with Crippen LogP contribution in [0.1, 0.15) is 32.4 Å². The predicted octanol–water partition coefficient (Wildman–Crippen LogP) is 2.75. The highest BCUT2D eigenvalue weighted by Gasteiger charge is 2.13. The number of carbonyl (C=O) groups is 1. The highest BCUT2D eigenvalue weighted by atomic mass is 32.1. The molecular formula is C16H16N2O2S. The Balaban J connectivity index is 2.13. The fourth-order valence-electron chi connectivity index (χ4n) is 1.83. The summed E-state index contributed by atoms with van der Waals surface area (Å²) in [7, 11) is 0. The van der Waals surface area contributed by atoms with Gasteiger partial charge in [0.2, 0.25) is 0 Å². The van der Waals surface area contributed by atoms with E-state index in [0.717, 1.165) is 16.3 Å². The zero-order valence-corrected chi connectivity index (χ0v) is 12.8. The van der Waals surface area contributed by atoms with Gasteiger partial charge in [0.25, 0.3) is 5.91 Å². The second-order valence-electron chi connectivity index (χ2n) is 4.46. The van der Waals surface area contributed by atoms with Gasteiger partial charge in [-0.2, -0.15) is 0 Å².